The molecule has 27 heavy (non-hydrogen) atoms. The fourth-order valence-corrected chi connectivity index (χ4v) is 4.53. The summed E-state index contributed by atoms with van der Waals surface area (Å²) in [4.78, 5) is 26.2. The van der Waals surface area contributed by atoms with E-state index in [0.717, 1.165) is 5.56 Å². The van der Waals surface area contributed by atoms with E-state index in [4.69, 9.17) is 0 Å². The van der Waals surface area contributed by atoms with Gasteiger partial charge in [0, 0.05) is 13.1 Å². The Balaban J connectivity index is 2.03. The van der Waals surface area contributed by atoms with E-state index in [1.165, 1.54) is 17.0 Å². The lowest BCUT2D eigenvalue weighted by atomic mass is 9.89. The number of sulfone groups is 1. The monoisotopic (exact) mass is 387 g/mol. The van der Waals surface area contributed by atoms with Gasteiger partial charge in [0.05, 0.1) is 21.6 Å². The van der Waals surface area contributed by atoms with Crippen LogP contribution in [-0.4, -0.2) is 42.1 Å². The van der Waals surface area contributed by atoms with Gasteiger partial charge in [0.15, 0.2) is 9.84 Å². The van der Waals surface area contributed by atoms with Crippen molar-refractivity contribution in [2.24, 2.45) is 0 Å². The summed E-state index contributed by atoms with van der Waals surface area (Å²) in [7, 11) is -3.65. The maximum absolute atomic E-state index is 13.1. The van der Waals surface area contributed by atoms with Gasteiger partial charge in [0.1, 0.15) is 0 Å². The highest BCUT2D eigenvalue weighted by atomic mass is 32.2. The van der Waals surface area contributed by atoms with E-state index in [2.05, 4.69) is 0 Å². The summed E-state index contributed by atoms with van der Waals surface area (Å²) in [5.41, 5.74) is 1.53. The van der Waals surface area contributed by atoms with Gasteiger partial charge < -0.3 is 10.0 Å². The second kappa shape index (κ2) is 7.15. The van der Waals surface area contributed by atoms with Crippen molar-refractivity contribution in [2.45, 2.75) is 36.5 Å². The lowest BCUT2D eigenvalue weighted by Crippen LogP contribution is -2.41. The third-order valence-electron chi connectivity index (χ3n) is 4.82. The van der Waals surface area contributed by atoms with Crippen LogP contribution in [0.25, 0.3) is 0 Å². The van der Waals surface area contributed by atoms with Crippen molar-refractivity contribution < 1.29 is 23.1 Å². The first-order valence-electron chi connectivity index (χ1n) is 8.66. The van der Waals surface area contributed by atoms with Crippen LogP contribution in [0.1, 0.15) is 41.3 Å². The van der Waals surface area contributed by atoms with Gasteiger partial charge in [-0.25, -0.2) is 8.42 Å². The maximum Gasteiger partial charge on any atom is 0.312 e. The molecule has 0 saturated carbocycles. The normalized spacial score (nSPS) is 16.9. The molecule has 0 aromatic heterocycles. The summed E-state index contributed by atoms with van der Waals surface area (Å²) in [6, 6.07) is 13.2. The van der Waals surface area contributed by atoms with Crippen molar-refractivity contribution in [3.63, 3.8) is 0 Å². The summed E-state index contributed by atoms with van der Waals surface area (Å²) < 4.78 is 25.3. The molecule has 1 aliphatic heterocycles. The molecule has 1 N–H and O–H groups in total. The largest absolute Gasteiger partial charge is 0.481 e. The van der Waals surface area contributed by atoms with Crippen molar-refractivity contribution in [2.75, 3.05) is 6.54 Å². The fraction of sp³-hybridized carbons (Fsp3) is 0.300. The van der Waals surface area contributed by atoms with Crippen molar-refractivity contribution in [1.29, 1.82) is 0 Å². The molecule has 0 spiro atoms. The number of hydrogen-bond donors (Lipinski definition) is 1. The number of fused-ring (bicyclic) bond motifs is 1. The van der Waals surface area contributed by atoms with E-state index in [9.17, 15) is 23.1 Å². The Morgan fingerprint density at radius 1 is 1.07 bits per heavy atom. The average molecular weight is 387 g/mol. The summed E-state index contributed by atoms with van der Waals surface area (Å²) >= 11 is 0. The van der Waals surface area contributed by atoms with Gasteiger partial charge in [-0.2, -0.15) is 0 Å². The molecule has 1 amide bonds. The first kappa shape index (κ1) is 19.1. The fourth-order valence-electron chi connectivity index (χ4n) is 3.29. The molecule has 0 radical (unpaired) electrons. The van der Waals surface area contributed by atoms with Gasteiger partial charge in [-0.3, -0.25) is 9.59 Å². The van der Waals surface area contributed by atoms with Crippen molar-refractivity contribution >= 4 is 21.7 Å². The number of carbonyl (C=O) groups is 2. The first-order chi connectivity index (χ1) is 12.7. The summed E-state index contributed by atoms with van der Waals surface area (Å²) in [5.74, 6) is -2.33. The predicted octanol–water partition coefficient (Wildman–Crippen LogP) is 2.69. The van der Waals surface area contributed by atoms with Crippen LogP contribution < -0.4 is 0 Å². The summed E-state index contributed by atoms with van der Waals surface area (Å²) in [5, 5.41) is 8.91. The van der Waals surface area contributed by atoms with Gasteiger partial charge in [-0.15, -0.1) is 0 Å². The molecule has 6 nitrogen and oxygen atoms in total. The smallest absolute Gasteiger partial charge is 0.312 e. The third kappa shape index (κ3) is 3.47. The quantitative estimate of drug-likeness (QED) is 0.871. The zero-order valence-electron chi connectivity index (χ0n) is 15.1. The molecule has 142 valence electrons. The standard InChI is InChI=1S/C20H21NO5S/c1-13(2)27(25,26)18-10-6-5-9-16(18)19(22)21-11-14-7-3-4-8-15(14)17(12-21)20(23)24/h3-10,13,17H,11-12H2,1-2H3,(H,23,24). The topological polar surface area (TPSA) is 91.8 Å². The highest BCUT2D eigenvalue weighted by Crippen LogP contribution is 2.30. The summed E-state index contributed by atoms with van der Waals surface area (Å²) in [6.45, 7) is 3.37. The summed E-state index contributed by atoms with van der Waals surface area (Å²) in [6.07, 6.45) is 0. The Hall–Kier alpha value is -2.67. The number of carbonyl (C=O) groups excluding carboxylic acids is 1. The van der Waals surface area contributed by atoms with Crippen molar-refractivity contribution in [3.8, 4) is 0 Å². The van der Waals surface area contributed by atoms with Gasteiger partial charge in [-0.1, -0.05) is 36.4 Å². The van der Waals surface area contributed by atoms with E-state index in [0.29, 0.717) is 5.56 Å². The number of carboxylic acids is 1. The highest BCUT2D eigenvalue weighted by Gasteiger charge is 2.34. The maximum atomic E-state index is 13.1. The van der Waals surface area contributed by atoms with Crippen LogP contribution in [0.15, 0.2) is 53.4 Å². The van der Waals surface area contributed by atoms with Crippen LogP contribution in [-0.2, 0) is 21.2 Å². The molecular weight excluding hydrogens is 366 g/mol. The average Bonchev–Trinajstić information content (AvgIpc) is 2.66. The van der Waals surface area contributed by atoms with E-state index < -0.39 is 32.9 Å². The van der Waals surface area contributed by atoms with E-state index in [1.54, 1.807) is 50.2 Å². The van der Waals surface area contributed by atoms with Crippen LogP contribution >= 0.6 is 0 Å². The van der Waals surface area contributed by atoms with Gasteiger partial charge in [-0.05, 0) is 37.1 Å². The Morgan fingerprint density at radius 2 is 1.70 bits per heavy atom. The third-order valence-corrected chi connectivity index (χ3v) is 7.03. The lowest BCUT2D eigenvalue weighted by molar-refractivity contribution is -0.139. The molecule has 0 aliphatic carbocycles. The molecular formula is C20H21NO5S. The van der Waals surface area contributed by atoms with Crippen LogP contribution in [0.2, 0.25) is 0 Å². The van der Waals surface area contributed by atoms with Crippen LogP contribution in [0.3, 0.4) is 0 Å². The lowest BCUT2D eigenvalue weighted by Gasteiger charge is -2.33. The molecule has 1 unspecified atom stereocenters. The van der Waals surface area contributed by atoms with Crippen LogP contribution in [0, 0.1) is 0 Å². The first-order valence-corrected chi connectivity index (χ1v) is 10.2. The number of nitrogens with zero attached hydrogens (tertiary/aromatic N) is 1. The number of rotatable bonds is 4. The number of hydrogen-bond acceptors (Lipinski definition) is 4. The number of carboxylic acid groups (broad SMARTS) is 1. The molecule has 1 atom stereocenters. The zero-order chi connectivity index (χ0) is 19.8. The highest BCUT2D eigenvalue weighted by molar-refractivity contribution is 7.92. The zero-order valence-corrected chi connectivity index (χ0v) is 15.9. The number of amides is 1. The van der Waals surface area contributed by atoms with Crippen LogP contribution in [0.5, 0.6) is 0 Å². The molecule has 0 saturated heterocycles. The second-order valence-corrected chi connectivity index (χ2v) is 9.34. The van der Waals surface area contributed by atoms with Gasteiger partial charge in [0.2, 0.25) is 0 Å². The minimum absolute atomic E-state index is 0.00123. The minimum atomic E-state index is -3.65. The minimum Gasteiger partial charge on any atom is -0.481 e. The molecule has 2 aromatic carbocycles. The van der Waals surface area contributed by atoms with Gasteiger partial charge in [0.25, 0.3) is 5.91 Å². The van der Waals surface area contributed by atoms with Crippen molar-refractivity contribution in [3.05, 3.63) is 65.2 Å². The van der Waals surface area contributed by atoms with Crippen molar-refractivity contribution in [1.82, 2.24) is 4.90 Å². The van der Waals surface area contributed by atoms with E-state index >= 15 is 0 Å². The number of benzene rings is 2. The molecule has 1 heterocycles. The molecule has 2 aromatic rings. The Labute approximate surface area is 158 Å². The van der Waals surface area contributed by atoms with Gasteiger partial charge >= 0.3 is 5.97 Å². The Bertz CT molecular complexity index is 997. The second-order valence-electron chi connectivity index (χ2n) is 6.87. The van der Waals surface area contributed by atoms with Crippen LogP contribution in [0.4, 0.5) is 0 Å². The predicted molar refractivity (Wildman–Crippen MR) is 100 cm³/mol. The molecule has 7 heteroatoms. The van der Waals surface area contributed by atoms with E-state index in [-0.39, 0.29) is 23.5 Å². The molecule has 3 rings (SSSR count). The SMILES string of the molecule is CC(C)S(=O)(=O)c1ccccc1C(=O)N1Cc2ccccc2C(C(=O)O)C1. The Kier molecular flexibility index (Phi) is 5.06. The number of aliphatic carboxylic acids is 1. The molecule has 0 bridgehead atoms. The molecule has 1 aliphatic rings. The Morgan fingerprint density at radius 3 is 2.37 bits per heavy atom. The molecule has 0 fully saturated rings. The van der Waals surface area contributed by atoms with E-state index in [1.807, 2.05) is 0 Å².